The van der Waals surface area contributed by atoms with E-state index in [1.807, 2.05) is 6.92 Å². The molecular weight excluding hydrogens is 323 g/mol. The number of hydrogen-bond acceptors (Lipinski definition) is 5. The van der Waals surface area contributed by atoms with E-state index in [1.54, 1.807) is 29.2 Å². The molecule has 132 valence electrons. The van der Waals surface area contributed by atoms with Gasteiger partial charge in [0.15, 0.2) is 0 Å². The van der Waals surface area contributed by atoms with Crippen molar-refractivity contribution >= 4 is 11.9 Å². The van der Waals surface area contributed by atoms with E-state index >= 15 is 0 Å². The van der Waals surface area contributed by atoms with Gasteiger partial charge >= 0.3 is 0 Å². The second kappa shape index (κ2) is 8.02. The van der Waals surface area contributed by atoms with Gasteiger partial charge in [-0.25, -0.2) is 14.4 Å². The fourth-order valence-electron chi connectivity index (χ4n) is 2.70. The topological polar surface area (TPSA) is 67.4 Å². The van der Waals surface area contributed by atoms with Crippen LogP contribution in [0.3, 0.4) is 0 Å². The Balaban J connectivity index is 1.65. The van der Waals surface area contributed by atoms with Crippen LogP contribution >= 0.6 is 0 Å². The van der Waals surface area contributed by atoms with Gasteiger partial charge in [0.05, 0.1) is 13.2 Å². The maximum absolute atomic E-state index is 13.6. The summed E-state index contributed by atoms with van der Waals surface area (Å²) < 4.78 is 18.9. The number of carbonyl (C=O) groups excluding carboxylic acids is 1. The Morgan fingerprint density at radius 1 is 1.28 bits per heavy atom. The Kier molecular flexibility index (Phi) is 5.55. The summed E-state index contributed by atoms with van der Waals surface area (Å²) in [6, 6.07) is 8.35. The Labute approximate surface area is 146 Å². The molecule has 1 saturated heterocycles. The molecule has 0 spiro atoms. The van der Waals surface area contributed by atoms with Crippen LogP contribution in [0.5, 0.6) is 0 Å². The molecule has 7 heteroatoms. The SMILES string of the molecule is Cc1cc(C(=O)N2CCOCC2)nc(NCCc2ccccc2F)n1. The minimum absolute atomic E-state index is 0.119. The number of nitrogens with zero attached hydrogens (tertiary/aromatic N) is 3. The molecule has 1 aliphatic heterocycles. The highest BCUT2D eigenvalue weighted by atomic mass is 19.1. The highest BCUT2D eigenvalue weighted by molar-refractivity contribution is 5.92. The molecule has 3 rings (SSSR count). The number of aryl methyl sites for hydroxylation is 1. The van der Waals surface area contributed by atoms with Crippen molar-refractivity contribution in [1.29, 1.82) is 0 Å². The third kappa shape index (κ3) is 4.51. The summed E-state index contributed by atoms with van der Waals surface area (Å²) in [4.78, 5) is 22.9. The smallest absolute Gasteiger partial charge is 0.272 e. The molecule has 2 aromatic rings. The fourth-order valence-corrected chi connectivity index (χ4v) is 2.70. The van der Waals surface area contributed by atoms with Crippen LogP contribution < -0.4 is 5.32 Å². The Morgan fingerprint density at radius 2 is 2.04 bits per heavy atom. The molecule has 1 amide bonds. The van der Waals surface area contributed by atoms with Crippen LogP contribution in [0.15, 0.2) is 30.3 Å². The fraction of sp³-hybridized carbons (Fsp3) is 0.389. The molecule has 0 bridgehead atoms. The van der Waals surface area contributed by atoms with Crippen molar-refractivity contribution in [3.8, 4) is 0 Å². The van der Waals surface area contributed by atoms with Crippen molar-refractivity contribution in [2.45, 2.75) is 13.3 Å². The first-order chi connectivity index (χ1) is 12.1. The highest BCUT2D eigenvalue weighted by Crippen LogP contribution is 2.11. The van der Waals surface area contributed by atoms with Crippen LogP contribution in [0.4, 0.5) is 10.3 Å². The van der Waals surface area contributed by atoms with Crippen molar-refractivity contribution < 1.29 is 13.9 Å². The van der Waals surface area contributed by atoms with Gasteiger partial charge in [-0.05, 0) is 31.0 Å². The van der Waals surface area contributed by atoms with Crippen LogP contribution in [0.25, 0.3) is 0 Å². The number of hydrogen-bond donors (Lipinski definition) is 1. The Bertz CT molecular complexity index is 748. The zero-order valence-electron chi connectivity index (χ0n) is 14.2. The summed E-state index contributed by atoms with van der Waals surface area (Å²) in [7, 11) is 0. The number of rotatable bonds is 5. The van der Waals surface area contributed by atoms with Crippen LogP contribution in [0, 0.1) is 12.7 Å². The summed E-state index contributed by atoms with van der Waals surface area (Å²) in [5.74, 6) is 0.0385. The standard InChI is InChI=1S/C18H21FN4O2/c1-13-12-16(17(24)23-8-10-25-11-9-23)22-18(21-13)20-7-6-14-4-2-3-5-15(14)19/h2-5,12H,6-11H2,1H3,(H,20,21,22). The first kappa shape index (κ1) is 17.3. The average molecular weight is 344 g/mol. The highest BCUT2D eigenvalue weighted by Gasteiger charge is 2.20. The van der Waals surface area contributed by atoms with Gasteiger partial charge in [0.1, 0.15) is 11.5 Å². The van der Waals surface area contributed by atoms with E-state index in [1.165, 1.54) is 6.07 Å². The average Bonchev–Trinajstić information content (AvgIpc) is 2.63. The molecule has 2 heterocycles. The van der Waals surface area contributed by atoms with Gasteiger partial charge in [0.2, 0.25) is 5.95 Å². The monoisotopic (exact) mass is 344 g/mol. The molecule has 1 N–H and O–H groups in total. The molecule has 1 aromatic heterocycles. The summed E-state index contributed by atoms with van der Waals surface area (Å²) in [6.45, 7) is 4.53. The molecule has 0 unspecified atom stereocenters. The molecule has 0 radical (unpaired) electrons. The molecule has 6 nitrogen and oxygen atoms in total. The Hall–Kier alpha value is -2.54. The van der Waals surface area contributed by atoms with Crippen molar-refractivity contribution in [2.75, 3.05) is 38.2 Å². The number of halogens is 1. The number of amides is 1. The number of aromatic nitrogens is 2. The molecule has 0 aliphatic carbocycles. The molecule has 0 atom stereocenters. The quantitative estimate of drug-likeness (QED) is 0.899. The summed E-state index contributed by atoms with van der Waals surface area (Å²) >= 11 is 0. The molecule has 1 fully saturated rings. The van der Waals surface area contributed by atoms with E-state index in [-0.39, 0.29) is 11.7 Å². The predicted octanol–water partition coefficient (Wildman–Crippen LogP) is 2.05. The van der Waals surface area contributed by atoms with E-state index in [0.29, 0.717) is 62.2 Å². The zero-order valence-corrected chi connectivity index (χ0v) is 14.2. The number of carbonyl (C=O) groups is 1. The van der Waals surface area contributed by atoms with Crippen molar-refractivity contribution in [1.82, 2.24) is 14.9 Å². The molecule has 1 aliphatic rings. The second-order valence-electron chi connectivity index (χ2n) is 5.89. The minimum atomic E-state index is -0.224. The lowest BCUT2D eigenvalue weighted by Crippen LogP contribution is -2.41. The normalized spacial score (nSPS) is 14.4. The molecular formula is C18H21FN4O2. The van der Waals surface area contributed by atoms with Gasteiger partial charge in [-0.3, -0.25) is 4.79 Å². The van der Waals surface area contributed by atoms with Crippen LogP contribution in [-0.4, -0.2) is 53.6 Å². The summed E-state index contributed by atoms with van der Waals surface area (Å²) in [6.07, 6.45) is 0.511. The number of benzene rings is 1. The first-order valence-electron chi connectivity index (χ1n) is 8.33. The summed E-state index contributed by atoms with van der Waals surface area (Å²) in [5.41, 5.74) is 1.70. The number of nitrogens with one attached hydrogen (secondary N) is 1. The van der Waals surface area contributed by atoms with Crippen LogP contribution in [0.1, 0.15) is 21.7 Å². The minimum Gasteiger partial charge on any atom is -0.378 e. The lowest BCUT2D eigenvalue weighted by Gasteiger charge is -2.26. The largest absolute Gasteiger partial charge is 0.378 e. The second-order valence-corrected chi connectivity index (χ2v) is 5.89. The van der Waals surface area contributed by atoms with E-state index in [2.05, 4.69) is 15.3 Å². The lowest BCUT2D eigenvalue weighted by molar-refractivity contribution is 0.0299. The van der Waals surface area contributed by atoms with Gasteiger partial charge in [0, 0.05) is 25.3 Å². The van der Waals surface area contributed by atoms with Gasteiger partial charge in [0.25, 0.3) is 5.91 Å². The summed E-state index contributed by atoms with van der Waals surface area (Å²) in [5, 5.41) is 3.08. The Morgan fingerprint density at radius 3 is 2.80 bits per heavy atom. The molecule has 0 saturated carbocycles. The third-order valence-electron chi connectivity index (χ3n) is 4.01. The van der Waals surface area contributed by atoms with Crippen molar-refractivity contribution in [2.24, 2.45) is 0 Å². The number of anilines is 1. The van der Waals surface area contributed by atoms with Gasteiger partial charge in [-0.15, -0.1) is 0 Å². The van der Waals surface area contributed by atoms with E-state index in [9.17, 15) is 9.18 Å². The van der Waals surface area contributed by atoms with E-state index in [0.717, 1.165) is 0 Å². The first-order valence-corrected chi connectivity index (χ1v) is 8.33. The van der Waals surface area contributed by atoms with E-state index in [4.69, 9.17) is 4.74 Å². The van der Waals surface area contributed by atoms with Crippen LogP contribution in [-0.2, 0) is 11.2 Å². The maximum atomic E-state index is 13.6. The van der Waals surface area contributed by atoms with Gasteiger partial charge in [-0.1, -0.05) is 18.2 Å². The molecule has 1 aromatic carbocycles. The van der Waals surface area contributed by atoms with E-state index < -0.39 is 0 Å². The number of morpholine rings is 1. The van der Waals surface area contributed by atoms with Gasteiger partial charge in [-0.2, -0.15) is 0 Å². The predicted molar refractivity (Wildman–Crippen MR) is 92.1 cm³/mol. The maximum Gasteiger partial charge on any atom is 0.272 e. The zero-order chi connectivity index (χ0) is 17.6. The third-order valence-corrected chi connectivity index (χ3v) is 4.01. The molecule has 25 heavy (non-hydrogen) atoms. The lowest BCUT2D eigenvalue weighted by atomic mass is 10.1. The van der Waals surface area contributed by atoms with Crippen molar-refractivity contribution in [3.05, 3.63) is 53.1 Å². The van der Waals surface area contributed by atoms with Gasteiger partial charge < -0.3 is 15.0 Å². The number of ether oxygens (including phenoxy) is 1. The van der Waals surface area contributed by atoms with Crippen LogP contribution in [0.2, 0.25) is 0 Å². The van der Waals surface area contributed by atoms with Crippen molar-refractivity contribution in [3.63, 3.8) is 0 Å².